The normalized spacial score (nSPS) is 17.8. The molecule has 4 heterocycles. The van der Waals surface area contributed by atoms with Gasteiger partial charge in [-0.2, -0.15) is 5.10 Å². The number of likely N-dealkylation sites (tertiary alicyclic amines) is 1. The summed E-state index contributed by atoms with van der Waals surface area (Å²) in [7, 11) is 3.59. The third-order valence-corrected chi connectivity index (χ3v) is 6.43. The second-order valence-corrected chi connectivity index (χ2v) is 10.3. The molecular weight excluding hydrogens is 470 g/mol. The van der Waals surface area contributed by atoms with E-state index in [2.05, 4.69) is 21.8 Å². The largest absolute Gasteiger partial charge is 0.444 e. The summed E-state index contributed by atoms with van der Waals surface area (Å²) in [6.07, 6.45) is 3.74. The molecule has 0 unspecified atom stereocenters. The maximum atomic E-state index is 13.0. The van der Waals surface area contributed by atoms with E-state index in [1.54, 1.807) is 24.5 Å². The Morgan fingerprint density at radius 1 is 1.19 bits per heavy atom. The smallest absolute Gasteiger partial charge is 0.410 e. The van der Waals surface area contributed by atoms with E-state index in [0.717, 1.165) is 22.1 Å². The maximum Gasteiger partial charge on any atom is 0.410 e. The Balaban J connectivity index is 1.50. The van der Waals surface area contributed by atoms with Gasteiger partial charge < -0.3 is 24.7 Å². The zero-order chi connectivity index (χ0) is 26.3. The van der Waals surface area contributed by atoms with Gasteiger partial charge in [0.15, 0.2) is 0 Å². The van der Waals surface area contributed by atoms with Gasteiger partial charge in [0.25, 0.3) is 0 Å². The summed E-state index contributed by atoms with van der Waals surface area (Å²) >= 11 is 0. The van der Waals surface area contributed by atoms with E-state index in [1.165, 1.54) is 0 Å². The Hall–Kier alpha value is -4.10. The quantitative estimate of drug-likeness (QED) is 0.428. The lowest BCUT2D eigenvalue weighted by Crippen LogP contribution is -2.41. The fourth-order valence-corrected chi connectivity index (χ4v) is 4.79. The minimum atomic E-state index is -0.591. The summed E-state index contributed by atoms with van der Waals surface area (Å²) in [5.74, 6) is 6.76. The first-order valence-corrected chi connectivity index (χ1v) is 12.2. The van der Waals surface area contributed by atoms with Gasteiger partial charge in [-0.15, -0.1) is 0 Å². The van der Waals surface area contributed by atoms with Crippen molar-refractivity contribution in [2.24, 2.45) is 7.05 Å². The fourth-order valence-electron chi connectivity index (χ4n) is 4.79. The van der Waals surface area contributed by atoms with Crippen molar-refractivity contribution in [3.05, 3.63) is 48.0 Å². The second-order valence-electron chi connectivity index (χ2n) is 10.3. The monoisotopic (exact) mass is 501 g/mol. The molecule has 0 saturated carbocycles. The molecule has 37 heavy (non-hydrogen) atoms. The molecule has 192 valence electrons. The molecule has 0 spiro atoms. The van der Waals surface area contributed by atoms with Crippen LogP contribution in [0.2, 0.25) is 0 Å². The Morgan fingerprint density at radius 2 is 2.00 bits per heavy atom. The Morgan fingerprint density at radius 3 is 2.76 bits per heavy atom. The van der Waals surface area contributed by atoms with Crippen LogP contribution in [-0.2, 0) is 16.5 Å². The summed E-state index contributed by atoms with van der Waals surface area (Å²) in [5, 5.41) is 5.56. The first-order valence-electron chi connectivity index (χ1n) is 12.2. The van der Waals surface area contributed by atoms with Crippen LogP contribution in [0.4, 0.5) is 10.6 Å². The minimum absolute atomic E-state index is 0.0996. The summed E-state index contributed by atoms with van der Waals surface area (Å²) in [6.45, 7) is 6.41. The van der Waals surface area contributed by atoms with E-state index < -0.39 is 5.60 Å². The number of ether oxygens (including phenoxy) is 2. The molecular formula is C27H31N7O3. The Bertz CT molecular complexity index is 1540. The number of pyridine rings is 1. The van der Waals surface area contributed by atoms with Crippen LogP contribution in [0.1, 0.15) is 44.5 Å². The molecule has 0 bridgehead atoms. The van der Waals surface area contributed by atoms with Crippen molar-refractivity contribution in [2.45, 2.75) is 44.9 Å². The number of rotatable bonds is 3. The summed E-state index contributed by atoms with van der Waals surface area (Å²) in [5.41, 5.74) is 9.80. The molecule has 1 aromatic carbocycles. The van der Waals surface area contributed by atoms with E-state index >= 15 is 0 Å². The van der Waals surface area contributed by atoms with Gasteiger partial charge in [-0.25, -0.2) is 14.8 Å². The van der Waals surface area contributed by atoms with Crippen LogP contribution >= 0.6 is 0 Å². The zero-order valence-corrected chi connectivity index (χ0v) is 21.7. The molecule has 0 aliphatic carbocycles. The molecule has 4 aromatic rings. The van der Waals surface area contributed by atoms with E-state index in [-0.39, 0.29) is 18.2 Å². The third-order valence-electron chi connectivity index (χ3n) is 6.43. The Labute approximate surface area is 215 Å². The Kier molecular flexibility index (Phi) is 6.25. The van der Waals surface area contributed by atoms with Gasteiger partial charge in [0.2, 0.25) is 0 Å². The molecule has 2 atom stereocenters. The third kappa shape index (κ3) is 4.82. The van der Waals surface area contributed by atoms with Gasteiger partial charge in [-0.3, -0.25) is 4.68 Å². The highest BCUT2D eigenvalue weighted by molar-refractivity contribution is 5.93. The number of benzene rings is 1. The molecule has 10 heteroatoms. The molecule has 3 aromatic heterocycles. The standard InChI is InChI=1S/C27H31N7O3/c1-27(2,3)37-26(35)33-14-18(13-19(33)15-36-5)34-23-10-11-29-25(28)24(23)20(31-34)8-6-17-7-9-22-21(12-17)30-16-32(22)4/h7,9-12,16,18-19H,13-15H2,1-5H3,(H2,28,29)/t18-,19+/m0/s1. The SMILES string of the molecule is COC[C@H]1C[C@H](n2nc(C#Cc3ccc4c(c3)ncn4C)c3c(N)nccc32)CN1C(=O)OC(C)(C)C. The fraction of sp³-hybridized carbons (Fsp3) is 0.407. The number of carbonyl (C=O) groups is 1. The molecule has 1 aliphatic heterocycles. The maximum absolute atomic E-state index is 13.0. The number of aromatic nitrogens is 5. The number of methoxy groups -OCH3 is 1. The zero-order valence-electron chi connectivity index (χ0n) is 21.7. The number of hydrogen-bond donors (Lipinski definition) is 1. The number of hydrogen-bond acceptors (Lipinski definition) is 7. The van der Waals surface area contributed by atoms with Gasteiger partial charge in [-0.05, 0) is 57.4 Å². The van der Waals surface area contributed by atoms with Crippen molar-refractivity contribution >= 4 is 33.8 Å². The van der Waals surface area contributed by atoms with Crippen LogP contribution in [0.5, 0.6) is 0 Å². The highest BCUT2D eigenvalue weighted by atomic mass is 16.6. The molecule has 1 aliphatic rings. The van der Waals surface area contributed by atoms with Crippen molar-refractivity contribution in [3.8, 4) is 11.8 Å². The lowest BCUT2D eigenvalue weighted by atomic mass is 10.1. The minimum Gasteiger partial charge on any atom is -0.444 e. The number of amides is 1. The number of nitrogens with two attached hydrogens (primary N) is 1. The van der Waals surface area contributed by atoms with E-state index in [9.17, 15) is 4.79 Å². The molecule has 10 nitrogen and oxygen atoms in total. The number of fused-ring (bicyclic) bond motifs is 2. The van der Waals surface area contributed by atoms with Crippen molar-refractivity contribution < 1.29 is 14.3 Å². The average Bonchev–Trinajstić information content (AvgIpc) is 3.53. The lowest BCUT2D eigenvalue weighted by molar-refractivity contribution is 0.0145. The van der Waals surface area contributed by atoms with Crippen LogP contribution in [0.15, 0.2) is 36.8 Å². The van der Waals surface area contributed by atoms with Gasteiger partial charge in [0.1, 0.15) is 17.1 Å². The van der Waals surface area contributed by atoms with Crippen LogP contribution in [-0.4, -0.2) is 67.2 Å². The number of carbonyl (C=O) groups excluding carboxylic acids is 1. The average molecular weight is 502 g/mol. The van der Waals surface area contributed by atoms with Crippen LogP contribution in [0.25, 0.3) is 21.9 Å². The second kappa shape index (κ2) is 9.41. The number of aryl methyl sites for hydroxylation is 1. The van der Waals surface area contributed by atoms with Gasteiger partial charge in [0.05, 0.1) is 47.0 Å². The van der Waals surface area contributed by atoms with E-state index in [1.807, 2.05) is 61.3 Å². The van der Waals surface area contributed by atoms with Crippen LogP contribution < -0.4 is 5.73 Å². The van der Waals surface area contributed by atoms with E-state index in [0.29, 0.717) is 36.5 Å². The van der Waals surface area contributed by atoms with Gasteiger partial charge in [0, 0.05) is 32.5 Å². The van der Waals surface area contributed by atoms with Crippen molar-refractivity contribution in [1.82, 2.24) is 29.2 Å². The van der Waals surface area contributed by atoms with Crippen molar-refractivity contribution in [1.29, 1.82) is 0 Å². The number of imidazole rings is 1. The predicted molar refractivity (Wildman–Crippen MR) is 141 cm³/mol. The molecule has 5 rings (SSSR count). The first kappa shape index (κ1) is 24.6. The van der Waals surface area contributed by atoms with Gasteiger partial charge in [-0.1, -0.05) is 5.92 Å². The highest BCUT2D eigenvalue weighted by Crippen LogP contribution is 2.33. The molecule has 1 fully saturated rings. The molecule has 1 amide bonds. The summed E-state index contributed by atoms with van der Waals surface area (Å²) in [4.78, 5) is 23.4. The number of nitrogen functional groups attached to an aromatic ring is 1. The lowest BCUT2D eigenvalue weighted by Gasteiger charge is -2.28. The number of anilines is 1. The highest BCUT2D eigenvalue weighted by Gasteiger charge is 2.39. The number of nitrogens with zero attached hydrogens (tertiary/aromatic N) is 6. The van der Waals surface area contributed by atoms with Crippen LogP contribution in [0, 0.1) is 11.8 Å². The first-order chi connectivity index (χ1) is 17.6. The predicted octanol–water partition coefficient (Wildman–Crippen LogP) is 3.50. The molecule has 0 radical (unpaired) electrons. The van der Waals surface area contributed by atoms with E-state index in [4.69, 9.17) is 20.3 Å². The summed E-state index contributed by atoms with van der Waals surface area (Å²) < 4.78 is 14.9. The molecule has 1 saturated heterocycles. The van der Waals surface area contributed by atoms with Crippen molar-refractivity contribution in [2.75, 3.05) is 26.0 Å². The topological polar surface area (TPSA) is 113 Å². The summed E-state index contributed by atoms with van der Waals surface area (Å²) in [6, 6.07) is 7.56. The van der Waals surface area contributed by atoms with Crippen LogP contribution in [0.3, 0.4) is 0 Å². The van der Waals surface area contributed by atoms with Crippen molar-refractivity contribution in [3.63, 3.8) is 0 Å². The molecule has 2 N–H and O–H groups in total. The van der Waals surface area contributed by atoms with Gasteiger partial charge >= 0.3 is 6.09 Å².